The summed E-state index contributed by atoms with van der Waals surface area (Å²) < 4.78 is 53.8. The van der Waals surface area contributed by atoms with Gasteiger partial charge in [-0.2, -0.15) is 13.2 Å². The molecule has 2 nitrogen and oxygen atoms in total. The molecule has 0 saturated carbocycles. The van der Waals surface area contributed by atoms with Crippen molar-refractivity contribution in [1.29, 1.82) is 0 Å². The van der Waals surface area contributed by atoms with E-state index in [0.717, 1.165) is 23.3 Å². The Hall–Kier alpha value is -2.86. The fraction of sp³-hybridized carbons (Fsp3) is 0.296. The van der Waals surface area contributed by atoms with Crippen LogP contribution < -0.4 is 0 Å². The van der Waals surface area contributed by atoms with Crippen LogP contribution in [0.4, 0.5) is 17.6 Å². The van der Waals surface area contributed by atoms with Crippen LogP contribution in [0.5, 0.6) is 0 Å². The second-order valence-electron chi connectivity index (χ2n) is 9.22. The zero-order chi connectivity index (χ0) is 25.1. The summed E-state index contributed by atoms with van der Waals surface area (Å²) in [7, 11) is 0. The summed E-state index contributed by atoms with van der Waals surface area (Å²) in [6.45, 7) is 6.56. The van der Waals surface area contributed by atoms with Gasteiger partial charge in [0.15, 0.2) is 5.82 Å². The number of carbonyl (C=O) groups excluding carboxylic acids is 1. The lowest BCUT2D eigenvalue weighted by Gasteiger charge is -2.25. The topological polar surface area (TPSA) is 20.3 Å². The Bertz CT molecular complexity index is 1150. The minimum absolute atomic E-state index is 0.0402. The molecule has 0 spiro atoms. The predicted octanol–water partition coefficient (Wildman–Crippen LogP) is 7.68. The van der Waals surface area contributed by atoms with Gasteiger partial charge in [0.05, 0.1) is 16.1 Å². The summed E-state index contributed by atoms with van der Waals surface area (Å²) in [6, 6.07) is 16.9. The Balaban J connectivity index is 1.87. The molecule has 7 heteroatoms. The number of alkyl halides is 3. The first kappa shape index (κ1) is 25.8. The number of amides is 1. The van der Waals surface area contributed by atoms with E-state index in [1.54, 1.807) is 6.07 Å². The highest BCUT2D eigenvalue weighted by molar-refractivity contribution is 6.31. The second kappa shape index (κ2) is 10.2. The molecule has 0 saturated heterocycles. The first-order valence-electron chi connectivity index (χ1n) is 10.8. The molecular weight excluding hydrogens is 466 g/mol. The fourth-order valence-electron chi connectivity index (χ4n) is 3.59. The van der Waals surface area contributed by atoms with Gasteiger partial charge in [-0.3, -0.25) is 4.79 Å². The van der Waals surface area contributed by atoms with E-state index in [9.17, 15) is 22.4 Å². The minimum Gasteiger partial charge on any atom is -0.334 e. The smallest absolute Gasteiger partial charge is 0.334 e. The van der Waals surface area contributed by atoms with Crippen LogP contribution in [0.2, 0.25) is 5.02 Å². The van der Waals surface area contributed by atoms with Crippen LogP contribution in [0.15, 0.2) is 66.7 Å². The highest BCUT2D eigenvalue weighted by atomic mass is 35.5. The molecule has 34 heavy (non-hydrogen) atoms. The molecule has 0 aliphatic heterocycles. The first-order chi connectivity index (χ1) is 15.9. The van der Waals surface area contributed by atoms with Crippen LogP contribution in [0, 0.1) is 5.82 Å². The third kappa shape index (κ3) is 6.38. The van der Waals surface area contributed by atoms with E-state index in [1.165, 1.54) is 29.2 Å². The van der Waals surface area contributed by atoms with E-state index >= 15 is 0 Å². The molecule has 0 aliphatic carbocycles. The molecular formula is C27H26ClF4NO. The van der Waals surface area contributed by atoms with Crippen LogP contribution in [0.1, 0.15) is 53.4 Å². The van der Waals surface area contributed by atoms with Gasteiger partial charge in [-0.15, -0.1) is 0 Å². The standard InChI is InChI=1S/C27H26ClF4NO/c1-26(2,3)20-12-10-19(11-13-20)17-33(25(34)22-8-5-9-23(28)24(22)29)15-14-18-6-4-7-21(16-18)27(30,31)32/h4-13,16H,14-15,17H2,1-3H3. The Labute approximate surface area is 202 Å². The summed E-state index contributed by atoms with van der Waals surface area (Å²) in [5, 5.41) is -0.168. The maximum atomic E-state index is 14.6. The van der Waals surface area contributed by atoms with E-state index in [1.807, 2.05) is 24.3 Å². The van der Waals surface area contributed by atoms with Crippen molar-refractivity contribution >= 4 is 17.5 Å². The van der Waals surface area contributed by atoms with Crippen molar-refractivity contribution in [1.82, 2.24) is 4.90 Å². The molecule has 0 fully saturated rings. The Kier molecular flexibility index (Phi) is 7.71. The van der Waals surface area contributed by atoms with E-state index in [0.29, 0.717) is 5.56 Å². The SMILES string of the molecule is CC(C)(C)c1ccc(CN(CCc2cccc(C(F)(F)F)c2)C(=O)c2cccc(Cl)c2F)cc1. The first-order valence-corrected chi connectivity index (χ1v) is 11.2. The summed E-state index contributed by atoms with van der Waals surface area (Å²) in [6.07, 6.45) is -4.28. The third-order valence-corrected chi connectivity index (χ3v) is 5.88. The Morgan fingerprint density at radius 3 is 2.15 bits per heavy atom. The molecule has 0 aliphatic rings. The molecule has 0 radical (unpaired) electrons. The zero-order valence-corrected chi connectivity index (χ0v) is 20.0. The normalized spacial score (nSPS) is 12.0. The van der Waals surface area contributed by atoms with Crippen molar-refractivity contribution in [2.45, 2.75) is 45.3 Å². The number of benzene rings is 3. The summed E-state index contributed by atoms with van der Waals surface area (Å²) in [5.74, 6) is -1.40. The molecule has 1 amide bonds. The van der Waals surface area contributed by atoms with Gasteiger partial charge in [0.25, 0.3) is 5.91 Å². The van der Waals surface area contributed by atoms with Gasteiger partial charge in [-0.1, -0.05) is 80.9 Å². The van der Waals surface area contributed by atoms with Gasteiger partial charge in [-0.05, 0) is 46.7 Å². The second-order valence-corrected chi connectivity index (χ2v) is 9.63. The fourth-order valence-corrected chi connectivity index (χ4v) is 3.76. The van der Waals surface area contributed by atoms with Crippen molar-refractivity contribution in [2.24, 2.45) is 0 Å². The van der Waals surface area contributed by atoms with Crippen LogP contribution in [-0.4, -0.2) is 17.4 Å². The molecule has 3 rings (SSSR count). The van der Waals surface area contributed by atoms with Crippen LogP contribution in [0.25, 0.3) is 0 Å². The molecule has 0 heterocycles. The van der Waals surface area contributed by atoms with Crippen molar-refractivity contribution in [3.63, 3.8) is 0 Å². The van der Waals surface area contributed by atoms with Gasteiger partial charge in [0, 0.05) is 13.1 Å². The number of carbonyl (C=O) groups is 1. The number of nitrogens with zero attached hydrogens (tertiary/aromatic N) is 1. The molecule has 0 N–H and O–H groups in total. The largest absolute Gasteiger partial charge is 0.416 e. The van der Waals surface area contributed by atoms with Crippen LogP contribution in [0.3, 0.4) is 0 Å². The van der Waals surface area contributed by atoms with Gasteiger partial charge in [-0.25, -0.2) is 4.39 Å². The van der Waals surface area contributed by atoms with Crippen molar-refractivity contribution in [2.75, 3.05) is 6.54 Å². The summed E-state index contributed by atoms with van der Waals surface area (Å²) in [5.41, 5.74) is 1.42. The average molecular weight is 492 g/mol. The molecule has 180 valence electrons. The molecule has 0 bridgehead atoms. The Morgan fingerprint density at radius 1 is 0.882 bits per heavy atom. The molecule has 0 atom stereocenters. The number of hydrogen-bond donors (Lipinski definition) is 0. The minimum atomic E-state index is -4.45. The summed E-state index contributed by atoms with van der Waals surface area (Å²) >= 11 is 5.86. The highest BCUT2D eigenvalue weighted by Gasteiger charge is 2.30. The van der Waals surface area contributed by atoms with Crippen molar-refractivity contribution in [3.8, 4) is 0 Å². The van der Waals surface area contributed by atoms with Crippen LogP contribution in [-0.2, 0) is 24.6 Å². The van der Waals surface area contributed by atoms with E-state index in [4.69, 9.17) is 11.6 Å². The van der Waals surface area contributed by atoms with Gasteiger partial charge < -0.3 is 4.90 Å². The molecule has 3 aromatic rings. The number of hydrogen-bond acceptors (Lipinski definition) is 1. The van der Waals surface area contributed by atoms with Crippen LogP contribution >= 0.6 is 11.6 Å². The van der Waals surface area contributed by atoms with Gasteiger partial charge in [0.1, 0.15) is 0 Å². The van der Waals surface area contributed by atoms with E-state index in [2.05, 4.69) is 20.8 Å². The number of rotatable bonds is 6. The predicted molar refractivity (Wildman–Crippen MR) is 126 cm³/mol. The van der Waals surface area contributed by atoms with Gasteiger partial charge >= 0.3 is 6.18 Å². The summed E-state index contributed by atoms with van der Waals surface area (Å²) in [4.78, 5) is 14.7. The maximum Gasteiger partial charge on any atom is 0.416 e. The highest BCUT2D eigenvalue weighted by Crippen LogP contribution is 2.30. The third-order valence-electron chi connectivity index (χ3n) is 5.59. The average Bonchev–Trinajstić information content (AvgIpc) is 2.77. The van der Waals surface area contributed by atoms with E-state index < -0.39 is 23.5 Å². The Morgan fingerprint density at radius 2 is 1.53 bits per heavy atom. The monoisotopic (exact) mass is 491 g/mol. The maximum absolute atomic E-state index is 14.6. The lowest BCUT2D eigenvalue weighted by atomic mass is 9.87. The lowest BCUT2D eigenvalue weighted by molar-refractivity contribution is -0.137. The molecule has 0 unspecified atom stereocenters. The quantitative estimate of drug-likeness (QED) is 0.324. The molecule has 3 aromatic carbocycles. The van der Waals surface area contributed by atoms with E-state index in [-0.39, 0.29) is 35.5 Å². The number of halogens is 5. The molecule has 0 aromatic heterocycles. The van der Waals surface area contributed by atoms with Gasteiger partial charge in [0.2, 0.25) is 0 Å². The zero-order valence-electron chi connectivity index (χ0n) is 19.2. The van der Waals surface area contributed by atoms with Crippen molar-refractivity contribution < 1.29 is 22.4 Å². The lowest BCUT2D eigenvalue weighted by Crippen LogP contribution is -2.33. The van der Waals surface area contributed by atoms with Crippen molar-refractivity contribution in [3.05, 3.63) is 105 Å².